The normalized spacial score (nSPS) is 13.9. The van der Waals surface area contributed by atoms with Gasteiger partial charge in [0.05, 0.1) is 0 Å². The van der Waals surface area contributed by atoms with E-state index in [0.29, 0.717) is 18.7 Å². The summed E-state index contributed by atoms with van der Waals surface area (Å²) in [6.07, 6.45) is 2.60. The van der Waals surface area contributed by atoms with Gasteiger partial charge in [-0.1, -0.05) is 15.9 Å². The zero-order chi connectivity index (χ0) is 15.8. The fourth-order valence-corrected chi connectivity index (χ4v) is 2.19. The first-order valence-corrected chi connectivity index (χ1v) is 8.54. The summed E-state index contributed by atoms with van der Waals surface area (Å²) >= 11 is 3.36. The van der Waals surface area contributed by atoms with Crippen LogP contribution in [0.2, 0.25) is 0 Å². The lowest BCUT2D eigenvalue weighted by Gasteiger charge is -2.11. The second-order valence-corrected chi connectivity index (χ2v) is 6.27. The topological polar surface area (TPSA) is 65.5 Å². The van der Waals surface area contributed by atoms with Crippen LogP contribution in [0.1, 0.15) is 30.1 Å². The number of nitrogens with zero attached hydrogens (tertiary/aromatic N) is 1. The van der Waals surface area contributed by atoms with E-state index in [-0.39, 0.29) is 29.9 Å². The Morgan fingerprint density at radius 3 is 2.43 bits per heavy atom. The quantitative estimate of drug-likeness (QED) is 0.236. The molecule has 7 heteroatoms. The predicted octanol–water partition coefficient (Wildman–Crippen LogP) is 2.76. The summed E-state index contributed by atoms with van der Waals surface area (Å²) in [5.41, 5.74) is 0.664. The summed E-state index contributed by atoms with van der Waals surface area (Å²) in [5.74, 6) is 1.54. The van der Waals surface area contributed by atoms with Crippen molar-refractivity contribution < 1.29 is 4.79 Å². The first kappa shape index (κ1) is 20.2. The van der Waals surface area contributed by atoms with Gasteiger partial charge in [0.25, 0.3) is 5.91 Å². The first-order chi connectivity index (χ1) is 10.7. The molecule has 0 aromatic heterocycles. The minimum Gasteiger partial charge on any atom is -0.357 e. The Balaban J connectivity index is 0.00000264. The van der Waals surface area contributed by atoms with E-state index in [1.165, 1.54) is 12.8 Å². The van der Waals surface area contributed by atoms with Crippen LogP contribution < -0.4 is 16.0 Å². The Morgan fingerprint density at radius 2 is 1.83 bits per heavy atom. The molecule has 0 radical (unpaired) electrons. The zero-order valence-corrected chi connectivity index (χ0v) is 17.2. The van der Waals surface area contributed by atoms with Gasteiger partial charge in [-0.05, 0) is 49.9 Å². The molecule has 0 aliphatic heterocycles. The maximum absolute atomic E-state index is 11.9. The number of rotatable bonds is 7. The minimum atomic E-state index is -0.0609. The molecule has 1 aliphatic carbocycles. The molecule has 2 rings (SSSR count). The molecule has 3 N–H and O–H groups in total. The third-order valence-corrected chi connectivity index (χ3v) is 3.89. The van der Waals surface area contributed by atoms with Gasteiger partial charge in [-0.3, -0.25) is 9.79 Å². The summed E-state index contributed by atoms with van der Waals surface area (Å²) in [6, 6.07) is 7.32. The van der Waals surface area contributed by atoms with E-state index >= 15 is 0 Å². The lowest BCUT2D eigenvalue weighted by atomic mass is 10.2. The number of amides is 1. The molecule has 0 bridgehead atoms. The number of carbonyl (C=O) groups is 1. The third kappa shape index (κ3) is 8.01. The van der Waals surface area contributed by atoms with Crippen LogP contribution >= 0.6 is 39.9 Å². The van der Waals surface area contributed by atoms with Gasteiger partial charge in [-0.15, -0.1) is 24.0 Å². The van der Waals surface area contributed by atoms with Gasteiger partial charge in [-0.25, -0.2) is 0 Å². The van der Waals surface area contributed by atoms with E-state index in [4.69, 9.17) is 0 Å². The predicted molar refractivity (Wildman–Crippen MR) is 109 cm³/mol. The Hall–Kier alpha value is -0.830. The van der Waals surface area contributed by atoms with Crippen molar-refractivity contribution in [2.45, 2.75) is 19.8 Å². The average Bonchev–Trinajstić information content (AvgIpc) is 3.33. The van der Waals surface area contributed by atoms with Crippen molar-refractivity contribution in [3.05, 3.63) is 34.3 Å². The Bertz CT molecular complexity index is 517. The van der Waals surface area contributed by atoms with Crippen LogP contribution in [0.4, 0.5) is 0 Å². The number of hydrogen-bond acceptors (Lipinski definition) is 2. The molecule has 1 amide bonds. The summed E-state index contributed by atoms with van der Waals surface area (Å²) in [4.78, 5) is 16.5. The molecule has 0 saturated heterocycles. The van der Waals surface area contributed by atoms with Gasteiger partial charge >= 0.3 is 0 Å². The molecule has 0 unspecified atom stereocenters. The minimum absolute atomic E-state index is 0. The van der Waals surface area contributed by atoms with Crippen molar-refractivity contribution in [3.8, 4) is 0 Å². The molecule has 1 aliphatic rings. The van der Waals surface area contributed by atoms with E-state index in [9.17, 15) is 4.79 Å². The SMILES string of the molecule is CCNC(=NCC1CC1)NCCNC(=O)c1ccc(Br)cc1.I. The second kappa shape index (κ2) is 10.9. The van der Waals surface area contributed by atoms with Crippen LogP contribution in [0.3, 0.4) is 0 Å². The highest BCUT2D eigenvalue weighted by Crippen LogP contribution is 2.28. The van der Waals surface area contributed by atoms with Crippen LogP contribution in [0.25, 0.3) is 0 Å². The molecular formula is C16H24BrIN4O. The molecule has 1 fully saturated rings. The maximum Gasteiger partial charge on any atom is 0.251 e. The highest BCUT2D eigenvalue weighted by Gasteiger charge is 2.20. The summed E-state index contributed by atoms with van der Waals surface area (Å²) < 4.78 is 0.966. The van der Waals surface area contributed by atoms with Crippen LogP contribution in [-0.4, -0.2) is 38.0 Å². The van der Waals surface area contributed by atoms with Crippen molar-refractivity contribution in [2.75, 3.05) is 26.2 Å². The Labute approximate surface area is 163 Å². The maximum atomic E-state index is 11.9. The molecule has 23 heavy (non-hydrogen) atoms. The summed E-state index contributed by atoms with van der Waals surface area (Å²) in [6.45, 7) is 4.98. The van der Waals surface area contributed by atoms with E-state index in [0.717, 1.165) is 29.4 Å². The van der Waals surface area contributed by atoms with Crippen LogP contribution in [-0.2, 0) is 0 Å². The number of hydrogen-bond donors (Lipinski definition) is 3. The van der Waals surface area contributed by atoms with E-state index in [2.05, 4.69) is 36.9 Å². The van der Waals surface area contributed by atoms with Crippen molar-refractivity contribution in [1.82, 2.24) is 16.0 Å². The van der Waals surface area contributed by atoms with Gasteiger partial charge in [0.15, 0.2) is 5.96 Å². The standard InChI is InChI=1S/C16H23BrN4O.HI/c1-2-18-16(21-11-12-3-4-12)20-10-9-19-15(22)13-5-7-14(17)8-6-13;/h5-8,12H,2-4,9-11H2,1H3,(H,19,22)(H2,18,20,21);1H. The molecule has 0 atom stereocenters. The molecule has 0 heterocycles. The lowest BCUT2D eigenvalue weighted by molar-refractivity contribution is 0.0954. The number of aliphatic imine (C=N–C) groups is 1. The van der Waals surface area contributed by atoms with Crippen LogP contribution in [0, 0.1) is 5.92 Å². The molecule has 0 spiro atoms. The molecule has 1 aromatic carbocycles. The van der Waals surface area contributed by atoms with Gasteiger partial charge in [0.1, 0.15) is 0 Å². The van der Waals surface area contributed by atoms with Crippen molar-refractivity contribution in [1.29, 1.82) is 0 Å². The van der Waals surface area contributed by atoms with Crippen molar-refractivity contribution in [2.24, 2.45) is 10.9 Å². The second-order valence-electron chi connectivity index (χ2n) is 5.35. The Morgan fingerprint density at radius 1 is 1.17 bits per heavy atom. The first-order valence-electron chi connectivity index (χ1n) is 7.75. The number of nitrogens with one attached hydrogen (secondary N) is 3. The monoisotopic (exact) mass is 494 g/mol. The van der Waals surface area contributed by atoms with E-state index < -0.39 is 0 Å². The zero-order valence-electron chi connectivity index (χ0n) is 13.3. The average molecular weight is 495 g/mol. The number of benzene rings is 1. The van der Waals surface area contributed by atoms with Crippen molar-refractivity contribution >= 4 is 51.8 Å². The third-order valence-electron chi connectivity index (χ3n) is 3.36. The van der Waals surface area contributed by atoms with Crippen LogP contribution in [0.15, 0.2) is 33.7 Å². The van der Waals surface area contributed by atoms with Gasteiger partial charge in [0, 0.05) is 36.2 Å². The lowest BCUT2D eigenvalue weighted by Crippen LogP contribution is -2.41. The summed E-state index contributed by atoms with van der Waals surface area (Å²) in [5, 5.41) is 9.34. The van der Waals surface area contributed by atoms with Crippen molar-refractivity contribution in [3.63, 3.8) is 0 Å². The van der Waals surface area contributed by atoms with Gasteiger partial charge in [-0.2, -0.15) is 0 Å². The number of halogens is 2. The smallest absolute Gasteiger partial charge is 0.251 e. The fourth-order valence-electron chi connectivity index (χ4n) is 1.92. The fraction of sp³-hybridized carbons (Fsp3) is 0.500. The number of carbonyl (C=O) groups excluding carboxylic acids is 1. The van der Waals surface area contributed by atoms with Gasteiger partial charge < -0.3 is 16.0 Å². The molecule has 1 saturated carbocycles. The number of guanidine groups is 1. The highest BCUT2D eigenvalue weighted by atomic mass is 127. The van der Waals surface area contributed by atoms with E-state index in [1.54, 1.807) is 12.1 Å². The molecule has 1 aromatic rings. The van der Waals surface area contributed by atoms with E-state index in [1.807, 2.05) is 19.1 Å². The largest absolute Gasteiger partial charge is 0.357 e. The Kier molecular flexibility index (Phi) is 9.54. The molecule has 5 nitrogen and oxygen atoms in total. The molecule has 128 valence electrons. The van der Waals surface area contributed by atoms with Gasteiger partial charge in [0.2, 0.25) is 0 Å². The highest BCUT2D eigenvalue weighted by molar-refractivity contribution is 14.0. The van der Waals surface area contributed by atoms with Crippen LogP contribution in [0.5, 0.6) is 0 Å². The summed E-state index contributed by atoms with van der Waals surface area (Å²) in [7, 11) is 0. The molecular weight excluding hydrogens is 471 g/mol.